The molecule has 0 spiro atoms. The molecule has 1 heterocycles. The van der Waals surface area contributed by atoms with E-state index in [0.717, 1.165) is 49.8 Å². The Bertz CT molecular complexity index is 486. The molecule has 1 aliphatic carbocycles. The number of nitrogens with one attached hydrogen (secondary N) is 3. The van der Waals surface area contributed by atoms with Crippen LogP contribution < -0.4 is 16.0 Å². The average molecular weight is 338 g/mol. The number of aliphatic imine (C=N–C) groups is 1. The molecule has 2 rings (SSSR count). The second kappa shape index (κ2) is 10.2. The zero-order valence-corrected chi connectivity index (χ0v) is 14.5. The summed E-state index contributed by atoms with van der Waals surface area (Å²) >= 11 is 1.77. The van der Waals surface area contributed by atoms with Crippen LogP contribution in [0.5, 0.6) is 0 Å². The van der Waals surface area contributed by atoms with Gasteiger partial charge in [-0.1, -0.05) is 0 Å². The van der Waals surface area contributed by atoms with Crippen molar-refractivity contribution in [2.24, 2.45) is 10.9 Å². The number of hydrogen-bond acceptors (Lipinski definition) is 4. The fraction of sp³-hybridized carbons (Fsp3) is 0.625. The lowest BCUT2D eigenvalue weighted by Crippen LogP contribution is -2.42. The highest BCUT2D eigenvalue weighted by Crippen LogP contribution is 2.28. The van der Waals surface area contributed by atoms with Gasteiger partial charge in [-0.25, -0.2) is 0 Å². The standard InChI is InChI=1S/C16H26N4O2S/c1-23-12-10-20-16(18-7-6-14-3-2-11-22-14)19-9-8-17-15(21)13-4-5-13/h2-3,11,13H,4-10,12H2,1H3,(H,17,21)(H2,18,19,20). The summed E-state index contributed by atoms with van der Waals surface area (Å²) in [6, 6.07) is 3.86. The van der Waals surface area contributed by atoms with E-state index >= 15 is 0 Å². The third-order valence-corrected chi connectivity index (χ3v) is 4.06. The summed E-state index contributed by atoms with van der Waals surface area (Å²) in [6.07, 6.45) is 6.64. The van der Waals surface area contributed by atoms with Gasteiger partial charge in [0.15, 0.2) is 5.96 Å². The van der Waals surface area contributed by atoms with Gasteiger partial charge in [-0.3, -0.25) is 9.79 Å². The van der Waals surface area contributed by atoms with Crippen molar-refractivity contribution in [1.29, 1.82) is 0 Å². The van der Waals surface area contributed by atoms with Crippen molar-refractivity contribution in [1.82, 2.24) is 16.0 Å². The van der Waals surface area contributed by atoms with E-state index in [-0.39, 0.29) is 11.8 Å². The van der Waals surface area contributed by atoms with Gasteiger partial charge in [0.1, 0.15) is 5.76 Å². The molecule has 7 heteroatoms. The number of furan rings is 1. The highest BCUT2D eigenvalue weighted by atomic mass is 32.2. The van der Waals surface area contributed by atoms with Crippen molar-refractivity contribution < 1.29 is 9.21 Å². The van der Waals surface area contributed by atoms with Crippen molar-refractivity contribution in [3.05, 3.63) is 24.2 Å². The number of carbonyl (C=O) groups is 1. The molecule has 0 unspecified atom stereocenters. The van der Waals surface area contributed by atoms with E-state index in [0.29, 0.717) is 13.1 Å². The fourth-order valence-corrected chi connectivity index (χ4v) is 2.31. The van der Waals surface area contributed by atoms with Crippen LogP contribution in [0.2, 0.25) is 0 Å². The van der Waals surface area contributed by atoms with E-state index in [1.54, 1.807) is 18.0 Å². The molecule has 23 heavy (non-hydrogen) atoms. The molecule has 1 fully saturated rings. The van der Waals surface area contributed by atoms with Crippen LogP contribution in [0.25, 0.3) is 0 Å². The van der Waals surface area contributed by atoms with Gasteiger partial charge in [0.2, 0.25) is 5.91 Å². The summed E-state index contributed by atoms with van der Waals surface area (Å²) in [5, 5.41) is 9.50. The summed E-state index contributed by atoms with van der Waals surface area (Å²) in [4.78, 5) is 16.1. The van der Waals surface area contributed by atoms with Gasteiger partial charge in [0.25, 0.3) is 0 Å². The predicted molar refractivity (Wildman–Crippen MR) is 94.8 cm³/mol. The van der Waals surface area contributed by atoms with Crippen molar-refractivity contribution in [2.75, 3.05) is 38.2 Å². The van der Waals surface area contributed by atoms with Gasteiger partial charge in [0.05, 0.1) is 12.8 Å². The minimum Gasteiger partial charge on any atom is -0.469 e. The number of amides is 1. The first-order valence-corrected chi connectivity index (χ1v) is 9.50. The molecule has 0 radical (unpaired) electrons. The molecule has 1 amide bonds. The first kappa shape index (κ1) is 17.7. The van der Waals surface area contributed by atoms with Crippen LogP contribution in [0.1, 0.15) is 18.6 Å². The Hall–Kier alpha value is -1.63. The predicted octanol–water partition coefficient (Wildman–Crippen LogP) is 1.25. The van der Waals surface area contributed by atoms with E-state index in [1.165, 1.54) is 0 Å². The van der Waals surface area contributed by atoms with Crippen LogP contribution in [-0.4, -0.2) is 50.1 Å². The second-order valence-electron chi connectivity index (χ2n) is 5.47. The molecule has 1 aliphatic rings. The summed E-state index contributed by atoms with van der Waals surface area (Å²) < 4.78 is 5.32. The average Bonchev–Trinajstić information content (AvgIpc) is 3.28. The number of nitrogens with zero attached hydrogens (tertiary/aromatic N) is 1. The maximum absolute atomic E-state index is 11.6. The van der Waals surface area contributed by atoms with E-state index < -0.39 is 0 Å². The summed E-state index contributed by atoms with van der Waals surface area (Å²) in [7, 11) is 0. The number of hydrogen-bond donors (Lipinski definition) is 3. The molecule has 0 atom stereocenters. The molecule has 3 N–H and O–H groups in total. The van der Waals surface area contributed by atoms with Crippen LogP contribution in [0, 0.1) is 5.92 Å². The maximum atomic E-state index is 11.6. The molecule has 1 aromatic heterocycles. The van der Waals surface area contributed by atoms with Gasteiger partial charge in [-0.15, -0.1) is 0 Å². The lowest BCUT2D eigenvalue weighted by Gasteiger charge is -2.12. The Morgan fingerprint density at radius 3 is 2.78 bits per heavy atom. The Kier molecular flexibility index (Phi) is 7.86. The Balaban J connectivity index is 1.65. The SMILES string of the molecule is CSCCN=C(NCCNC(=O)C1CC1)NCCc1ccco1. The molecule has 6 nitrogen and oxygen atoms in total. The summed E-state index contributed by atoms with van der Waals surface area (Å²) in [6.45, 7) is 2.82. The van der Waals surface area contributed by atoms with E-state index in [1.807, 2.05) is 12.1 Å². The Morgan fingerprint density at radius 1 is 1.30 bits per heavy atom. The van der Waals surface area contributed by atoms with Crippen LogP contribution in [-0.2, 0) is 11.2 Å². The number of thioether (sulfide) groups is 1. The monoisotopic (exact) mass is 338 g/mol. The van der Waals surface area contributed by atoms with Gasteiger partial charge < -0.3 is 20.4 Å². The third-order valence-electron chi connectivity index (χ3n) is 3.47. The molecule has 0 bridgehead atoms. The number of guanidine groups is 1. The zero-order valence-electron chi connectivity index (χ0n) is 13.6. The highest BCUT2D eigenvalue weighted by Gasteiger charge is 2.28. The molecular formula is C16H26N4O2S. The molecular weight excluding hydrogens is 312 g/mol. The maximum Gasteiger partial charge on any atom is 0.223 e. The fourth-order valence-electron chi connectivity index (χ4n) is 2.04. The first-order chi connectivity index (χ1) is 11.3. The Labute approximate surface area is 141 Å². The van der Waals surface area contributed by atoms with Crippen LogP contribution >= 0.6 is 11.8 Å². The molecule has 1 aromatic rings. The van der Waals surface area contributed by atoms with Crippen LogP contribution in [0.4, 0.5) is 0 Å². The largest absolute Gasteiger partial charge is 0.469 e. The minimum absolute atomic E-state index is 0.179. The number of carbonyl (C=O) groups excluding carboxylic acids is 1. The molecule has 1 saturated carbocycles. The summed E-state index contributed by atoms with van der Waals surface area (Å²) in [5.74, 6) is 3.17. The van der Waals surface area contributed by atoms with Gasteiger partial charge in [-0.2, -0.15) is 11.8 Å². The first-order valence-electron chi connectivity index (χ1n) is 8.11. The van der Waals surface area contributed by atoms with Crippen LogP contribution in [0.15, 0.2) is 27.8 Å². The van der Waals surface area contributed by atoms with Gasteiger partial charge in [-0.05, 0) is 31.2 Å². The topological polar surface area (TPSA) is 78.7 Å². The third kappa shape index (κ3) is 7.45. The quantitative estimate of drug-likeness (QED) is 0.340. The van der Waals surface area contributed by atoms with E-state index in [9.17, 15) is 4.79 Å². The zero-order chi connectivity index (χ0) is 16.3. The highest BCUT2D eigenvalue weighted by molar-refractivity contribution is 7.98. The molecule has 0 aliphatic heterocycles. The smallest absolute Gasteiger partial charge is 0.223 e. The lowest BCUT2D eigenvalue weighted by atomic mass is 10.3. The van der Waals surface area contributed by atoms with Crippen molar-refractivity contribution in [3.8, 4) is 0 Å². The van der Waals surface area contributed by atoms with Crippen LogP contribution in [0.3, 0.4) is 0 Å². The van der Waals surface area contributed by atoms with Crippen molar-refractivity contribution in [3.63, 3.8) is 0 Å². The van der Waals surface area contributed by atoms with Crippen molar-refractivity contribution in [2.45, 2.75) is 19.3 Å². The van der Waals surface area contributed by atoms with E-state index in [4.69, 9.17) is 4.42 Å². The summed E-state index contributed by atoms with van der Waals surface area (Å²) in [5.41, 5.74) is 0. The molecule has 128 valence electrons. The van der Waals surface area contributed by atoms with E-state index in [2.05, 4.69) is 27.2 Å². The Morgan fingerprint density at radius 2 is 2.09 bits per heavy atom. The molecule has 0 saturated heterocycles. The molecule has 0 aromatic carbocycles. The van der Waals surface area contributed by atoms with Gasteiger partial charge in [0, 0.05) is 37.7 Å². The normalized spacial score (nSPS) is 14.6. The minimum atomic E-state index is 0.179. The van der Waals surface area contributed by atoms with Gasteiger partial charge >= 0.3 is 0 Å². The lowest BCUT2D eigenvalue weighted by molar-refractivity contribution is -0.122. The second-order valence-corrected chi connectivity index (χ2v) is 6.46. The number of rotatable bonds is 10. The van der Waals surface area contributed by atoms with Crippen molar-refractivity contribution >= 4 is 23.6 Å².